The molecule has 0 aliphatic rings. The average Bonchev–Trinajstić information content (AvgIpc) is 2.45. The Bertz CT molecular complexity index is 619. The topological polar surface area (TPSA) is 94.9 Å². The first-order chi connectivity index (χ1) is 9.91. The maximum atomic E-state index is 12.3. The number of benzene rings is 1. The lowest BCUT2D eigenvalue weighted by molar-refractivity contribution is -0.131. The summed E-state index contributed by atoms with van der Waals surface area (Å²) in [6.07, 6.45) is 3.78. The summed E-state index contributed by atoms with van der Waals surface area (Å²) in [5, 5.41) is 17.5. The monoisotopic (exact) mass is 311 g/mol. The van der Waals surface area contributed by atoms with Crippen LogP contribution in [-0.4, -0.2) is 48.6 Å². The number of nitrogens with zero attached hydrogens (tertiary/aromatic N) is 1. The molecule has 0 aliphatic carbocycles. The lowest BCUT2D eigenvalue weighted by Crippen LogP contribution is -2.33. The summed E-state index contributed by atoms with van der Waals surface area (Å²) in [5.74, 6) is -1.08. The number of rotatable bonds is 8. The molecule has 0 unspecified atom stereocenters. The van der Waals surface area contributed by atoms with Crippen LogP contribution in [0.2, 0.25) is 0 Å². The van der Waals surface area contributed by atoms with E-state index in [1.165, 1.54) is 36.4 Å². The van der Waals surface area contributed by atoms with Gasteiger partial charge in [-0.25, -0.2) is 13.2 Å². The van der Waals surface area contributed by atoms with Crippen LogP contribution in [-0.2, 0) is 14.8 Å². The largest absolute Gasteiger partial charge is 0.478 e. The second kappa shape index (κ2) is 7.72. The van der Waals surface area contributed by atoms with Crippen molar-refractivity contribution in [1.29, 1.82) is 0 Å². The fourth-order valence-corrected chi connectivity index (χ4v) is 3.03. The maximum Gasteiger partial charge on any atom is 0.328 e. The number of aliphatic hydroxyl groups is 1. The molecule has 0 fully saturated rings. The minimum Gasteiger partial charge on any atom is -0.478 e. The van der Waals surface area contributed by atoms with Crippen LogP contribution in [0.3, 0.4) is 0 Å². The highest BCUT2D eigenvalue weighted by Crippen LogP contribution is 2.17. The van der Waals surface area contributed by atoms with Gasteiger partial charge in [-0.05, 0) is 23.8 Å². The molecule has 0 atom stereocenters. The highest BCUT2D eigenvalue weighted by atomic mass is 32.2. The Balaban J connectivity index is 3.03. The fourth-order valence-electron chi connectivity index (χ4n) is 1.63. The third-order valence-corrected chi connectivity index (χ3v) is 4.50. The van der Waals surface area contributed by atoms with E-state index >= 15 is 0 Å². The summed E-state index contributed by atoms with van der Waals surface area (Å²) in [6.45, 7) is 3.29. The van der Waals surface area contributed by atoms with E-state index < -0.39 is 16.0 Å². The maximum absolute atomic E-state index is 12.3. The summed E-state index contributed by atoms with van der Waals surface area (Å²) in [5.41, 5.74) is 0.578. The summed E-state index contributed by atoms with van der Waals surface area (Å²) in [7, 11) is -3.71. The number of hydrogen-bond acceptors (Lipinski definition) is 4. The van der Waals surface area contributed by atoms with Crippen LogP contribution in [0.25, 0.3) is 6.08 Å². The molecule has 1 aromatic rings. The van der Waals surface area contributed by atoms with Crippen molar-refractivity contribution in [3.8, 4) is 0 Å². The van der Waals surface area contributed by atoms with Crippen LogP contribution < -0.4 is 0 Å². The van der Waals surface area contributed by atoms with Crippen molar-refractivity contribution in [2.24, 2.45) is 0 Å². The minimum absolute atomic E-state index is 0.0188. The molecule has 0 saturated heterocycles. The molecule has 6 nitrogen and oxygen atoms in total. The lowest BCUT2D eigenvalue weighted by Gasteiger charge is -2.19. The molecule has 1 aromatic carbocycles. The quantitative estimate of drug-likeness (QED) is 0.550. The second-order valence-corrected chi connectivity index (χ2v) is 6.05. The molecule has 0 amide bonds. The van der Waals surface area contributed by atoms with E-state index in [0.29, 0.717) is 5.56 Å². The van der Waals surface area contributed by atoms with Crippen molar-refractivity contribution in [2.75, 3.05) is 19.7 Å². The number of aliphatic hydroxyl groups excluding tert-OH is 1. The van der Waals surface area contributed by atoms with E-state index in [1.807, 2.05) is 0 Å². The summed E-state index contributed by atoms with van der Waals surface area (Å²) in [4.78, 5) is 10.5. The van der Waals surface area contributed by atoms with Crippen LogP contribution in [0.5, 0.6) is 0 Å². The number of hydrogen-bond donors (Lipinski definition) is 2. The first-order valence-electron chi connectivity index (χ1n) is 6.14. The van der Waals surface area contributed by atoms with Gasteiger partial charge in [0.15, 0.2) is 0 Å². The number of sulfonamides is 1. The Kier molecular flexibility index (Phi) is 6.29. The molecule has 1 rings (SSSR count). The Hall–Kier alpha value is -1.96. The highest BCUT2D eigenvalue weighted by Gasteiger charge is 2.22. The van der Waals surface area contributed by atoms with E-state index in [1.54, 1.807) is 0 Å². The third kappa shape index (κ3) is 4.82. The van der Waals surface area contributed by atoms with Gasteiger partial charge in [-0.1, -0.05) is 18.2 Å². The third-order valence-electron chi connectivity index (χ3n) is 2.62. The first-order valence-corrected chi connectivity index (χ1v) is 7.59. The number of aliphatic carboxylic acids is 1. The van der Waals surface area contributed by atoms with Crippen molar-refractivity contribution in [3.63, 3.8) is 0 Å². The van der Waals surface area contributed by atoms with Gasteiger partial charge >= 0.3 is 5.97 Å². The standard InChI is InChI=1S/C14H17NO5S/c1-2-9-15(10-11-16)21(19,20)13-6-3-12(4-7-13)5-8-14(17)18/h2-8,16H,1,9-11H2,(H,17,18)/b8-5+. The number of carbonyl (C=O) groups is 1. The van der Waals surface area contributed by atoms with Gasteiger partial charge in [0.05, 0.1) is 11.5 Å². The van der Waals surface area contributed by atoms with Crippen LogP contribution in [0, 0.1) is 0 Å². The van der Waals surface area contributed by atoms with Crippen LogP contribution in [0.1, 0.15) is 5.56 Å². The van der Waals surface area contributed by atoms with Crippen LogP contribution in [0.15, 0.2) is 47.9 Å². The number of carboxylic acid groups (broad SMARTS) is 1. The first kappa shape index (κ1) is 17.1. The summed E-state index contributed by atoms with van der Waals surface area (Å²) in [6, 6.07) is 5.81. The van der Waals surface area contributed by atoms with Crippen molar-refractivity contribution in [1.82, 2.24) is 4.31 Å². The molecular weight excluding hydrogens is 294 g/mol. The lowest BCUT2D eigenvalue weighted by atomic mass is 10.2. The molecule has 0 saturated carbocycles. The summed E-state index contributed by atoms with van der Waals surface area (Å²) < 4.78 is 25.8. The van der Waals surface area contributed by atoms with Gasteiger partial charge in [0.2, 0.25) is 10.0 Å². The Morgan fingerprint density at radius 1 is 1.29 bits per heavy atom. The molecule has 0 spiro atoms. The predicted octanol–water partition coefficient (Wildman–Crippen LogP) is 0.953. The SMILES string of the molecule is C=CCN(CCO)S(=O)(=O)c1ccc(/C=C/C(=O)O)cc1. The Labute approximate surface area is 123 Å². The molecule has 2 N–H and O–H groups in total. The minimum atomic E-state index is -3.71. The van der Waals surface area contributed by atoms with E-state index in [-0.39, 0.29) is 24.6 Å². The van der Waals surface area contributed by atoms with Gasteiger partial charge in [0.25, 0.3) is 0 Å². The normalized spacial score (nSPS) is 11.9. The Morgan fingerprint density at radius 3 is 2.38 bits per heavy atom. The van der Waals surface area contributed by atoms with E-state index in [2.05, 4.69) is 6.58 Å². The summed E-state index contributed by atoms with van der Waals surface area (Å²) >= 11 is 0. The highest BCUT2D eigenvalue weighted by molar-refractivity contribution is 7.89. The Morgan fingerprint density at radius 2 is 1.90 bits per heavy atom. The number of carboxylic acids is 1. The van der Waals surface area contributed by atoms with Crippen LogP contribution >= 0.6 is 0 Å². The van der Waals surface area contributed by atoms with E-state index in [4.69, 9.17) is 10.2 Å². The predicted molar refractivity (Wildman–Crippen MR) is 79.2 cm³/mol. The molecule has 114 valence electrons. The zero-order valence-corrected chi connectivity index (χ0v) is 12.2. The molecule has 0 bridgehead atoms. The zero-order valence-electron chi connectivity index (χ0n) is 11.3. The van der Waals surface area contributed by atoms with Gasteiger partial charge in [0, 0.05) is 19.2 Å². The smallest absolute Gasteiger partial charge is 0.328 e. The average molecular weight is 311 g/mol. The second-order valence-electron chi connectivity index (χ2n) is 4.12. The van der Waals surface area contributed by atoms with Crippen molar-refractivity contribution >= 4 is 22.1 Å². The van der Waals surface area contributed by atoms with Gasteiger partial charge in [0.1, 0.15) is 0 Å². The van der Waals surface area contributed by atoms with Gasteiger partial charge < -0.3 is 10.2 Å². The molecule has 0 aromatic heterocycles. The van der Waals surface area contributed by atoms with Gasteiger partial charge in [-0.2, -0.15) is 4.31 Å². The van der Waals surface area contributed by atoms with Gasteiger partial charge in [-0.3, -0.25) is 0 Å². The van der Waals surface area contributed by atoms with Crippen molar-refractivity contribution in [3.05, 3.63) is 48.6 Å². The van der Waals surface area contributed by atoms with Gasteiger partial charge in [-0.15, -0.1) is 6.58 Å². The molecular formula is C14H17NO5S. The molecule has 0 aliphatic heterocycles. The molecule has 21 heavy (non-hydrogen) atoms. The molecule has 0 radical (unpaired) electrons. The zero-order chi connectivity index (χ0) is 15.9. The van der Waals surface area contributed by atoms with Crippen molar-refractivity contribution in [2.45, 2.75) is 4.90 Å². The fraction of sp³-hybridized carbons (Fsp3) is 0.214. The molecule has 7 heteroatoms. The van der Waals surface area contributed by atoms with E-state index in [0.717, 1.165) is 10.4 Å². The van der Waals surface area contributed by atoms with Crippen LogP contribution in [0.4, 0.5) is 0 Å². The molecule has 0 heterocycles. The van der Waals surface area contributed by atoms with Crippen molar-refractivity contribution < 1.29 is 23.4 Å². The van der Waals surface area contributed by atoms with E-state index in [9.17, 15) is 13.2 Å².